The normalized spacial score (nSPS) is 10.1. The number of methoxy groups -OCH3 is 1. The van der Waals surface area contributed by atoms with Gasteiger partial charge in [0.25, 0.3) is 17.5 Å². The summed E-state index contributed by atoms with van der Waals surface area (Å²) < 4.78 is 4.85. The van der Waals surface area contributed by atoms with Gasteiger partial charge < -0.3 is 15.4 Å². The molecule has 0 radical (unpaired) electrons. The molecule has 0 aliphatic carbocycles. The van der Waals surface area contributed by atoms with Gasteiger partial charge in [0.1, 0.15) is 5.56 Å². The molecule has 0 unspecified atom stereocenters. The third-order valence-corrected chi connectivity index (χ3v) is 3.34. The number of anilines is 1. The van der Waals surface area contributed by atoms with Crippen molar-refractivity contribution in [1.29, 1.82) is 0 Å². The number of nitrogens with zero attached hydrogens (tertiary/aromatic N) is 1. The zero-order chi connectivity index (χ0) is 18.2. The molecule has 0 aliphatic rings. The van der Waals surface area contributed by atoms with E-state index in [1.165, 1.54) is 18.2 Å². The number of carbonyl (C=O) groups excluding carboxylic acids is 2. The van der Waals surface area contributed by atoms with Crippen LogP contribution >= 0.6 is 0 Å². The molecule has 25 heavy (non-hydrogen) atoms. The lowest BCUT2D eigenvalue weighted by Gasteiger charge is -2.08. The van der Waals surface area contributed by atoms with E-state index in [-0.39, 0.29) is 17.2 Å². The molecular weight excluding hydrogens is 326 g/mol. The summed E-state index contributed by atoms with van der Waals surface area (Å²) in [4.78, 5) is 34.5. The molecular formula is C17H17N3O5. The zero-order valence-corrected chi connectivity index (χ0v) is 13.5. The molecule has 0 saturated heterocycles. The summed E-state index contributed by atoms with van der Waals surface area (Å²) in [6, 6.07) is 11.9. The Hall–Kier alpha value is -3.26. The summed E-state index contributed by atoms with van der Waals surface area (Å²) in [5, 5.41) is 16.2. The molecule has 0 aromatic heterocycles. The second-order valence-corrected chi connectivity index (χ2v) is 5.05. The fraction of sp³-hybridized carbons (Fsp3) is 0.176. The average molecular weight is 343 g/mol. The van der Waals surface area contributed by atoms with Crippen LogP contribution in [0, 0.1) is 10.1 Å². The van der Waals surface area contributed by atoms with Gasteiger partial charge in [-0.3, -0.25) is 19.7 Å². The van der Waals surface area contributed by atoms with Crippen LogP contribution in [0.15, 0.2) is 48.5 Å². The van der Waals surface area contributed by atoms with Gasteiger partial charge in [-0.1, -0.05) is 12.1 Å². The minimum Gasteiger partial charge on any atom is -0.383 e. The highest BCUT2D eigenvalue weighted by Crippen LogP contribution is 2.19. The van der Waals surface area contributed by atoms with Gasteiger partial charge >= 0.3 is 0 Å². The van der Waals surface area contributed by atoms with Crippen molar-refractivity contribution in [3.63, 3.8) is 0 Å². The number of benzene rings is 2. The number of hydrogen-bond donors (Lipinski definition) is 2. The van der Waals surface area contributed by atoms with Gasteiger partial charge in [0.15, 0.2) is 0 Å². The van der Waals surface area contributed by atoms with Gasteiger partial charge in [-0.2, -0.15) is 0 Å². The minimum absolute atomic E-state index is 0.0334. The molecule has 2 rings (SSSR count). The lowest BCUT2D eigenvalue weighted by Crippen LogP contribution is -2.26. The number of nitro groups is 1. The molecule has 0 saturated carbocycles. The Kier molecular flexibility index (Phi) is 6.19. The first-order chi connectivity index (χ1) is 12.0. The summed E-state index contributed by atoms with van der Waals surface area (Å²) in [5.74, 6) is -0.849. The Balaban J connectivity index is 2.05. The van der Waals surface area contributed by atoms with E-state index in [4.69, 9.17) is 4.74 Å². The first-order valence-corrected chi connectivity index (χ1v) is 7.45. The van der Waals surface area contributed by atoms with E-state index in [0.717, 1.165) is 0 Å². The van der Waals surface area contributed by atoms with Crippen molar-refractivity contribution < 1.29 is 19.2 Å². The molecule has 8 nitrogen and oxygen atoms in total. The summed E-state index contributed by atoms with van der Waals surface area (Å²) >= 11 is 0. The Morgan fingerprint density at radius 3 is 2.40 bits per heavy atom. The van der Waals surface area contributed by atoms with Crippen LogP contribution in [0.4, 0.5) is 11.4 Å². The second kappa shape index (κ2) is 8.55. The summed E-state index contributed by atoms with van der Waals surface area (Å²) in [6.45, 7) is 0.807. The third-order valence-electron chi connectivity index (χ3n) is 3.34. The van der Waals surface area contributed by atoms with Crippen LogP contribution in [0.5, 0.6) is 0 Å². The molecule has 2 aromatic carbocycles. The van der Waals surface area contributed by atoms with Crippen LogP contribution in [-0.2, 0) is 4.74 Å². The van der Waals surface area contributed by atoms with Crippen molar-refractivity contribution in [2.75, 3.05) is 25.6 Å². The summed E-state index contributed by atoms with van der Waals surface area (Å²) in [7, 11) is 1.54. The quantitative estimate of drug-likeness (QED) is 0.455. The highest BCUT2D eigenvalue weighted by atomic mass is 16.6. The van der Waals surface area contributed by atoms with Crippen molar-refractivity contribution in [3.05, 3.63) is 69.8 Å². The number of ether oxygens (including phenoxy) is 1. The molecule has 2 aromatic rings. The number of rotatable bonds is 7. The Morgan fingerprint density at radius 1 is 1.08 bits per heavy atom. The van der Waals surface area contributed by atoms with Crippen molar-refractivity contribution in [2.24, 2.45) is 0 Å². The first kappa shape index (κ1) is 18.1. The highest BCUT2D eigenvalue weighted by molar-refractivity contribution is 6.07. The monoisotopic (exact) mass is 343 g/mol. The first-order valence-electron chi connectivity index (χ1n) is 7.45. The van der Waals surface area contributed by atoms with E-state index >= 15 is 0 Å². The summed E-state index contributed by atoms with van der Waals surface area (Å²) in [5.41, 5.74) is 0.555. The molecule has 0 fully saturated rings. The lowest BCUT2D eigenvalue weighted by molar-refractivity contribution is -0.385. The highest BCUT2D eigenvalue weighted by Gasteiger charge is 2.19. The average Bonchev–Trinajstić information content (AvgIpc) is 2.62. The number of nitrogens with one attached hydrogen (secondary N) is 2. The number of carbonyl (C=O) groups is 2. The number of hydrogen-bond acceptors (Lipinski definition) is 5. The van der Waals surface area contributed by atoms with Crippen molar-refractivity contribution >= 4 is 23.2 Å². The van der Waals surface area contributed by atoms with Crippen LogP contribution in [0.3, 0.4) is 0 Å². The zero-order valence-electron chi connectivity index (χ0n) is 13.5. The van der Waals surface area contributed by atoms with Crippen LogP contribution in [0.2, 0.25) is 0 Å². The molecule has 130 valence electrons. The molecule has 0 bridgehead atoms. The van der Waals surface area contributed by atoms with E-state index in [9.17, 15) is 19.7 Å². The van der Waals surface area contributed by atoms with E-state index in [1.54, 1.807) is 37.4 Å². The van der Waals surface area contributed by atoms with E-state index in [2.05, 4.69) is 10.6 Å². The van der Waals surface area contributed by atoms with Crippen molar-refractivity contribution in [1.82, 2.24) is 5.32 Å². The van der Waals surface area contributed by atoms with Gasteiger partial charge in [0, 0.05) is 31.0 Å². The fourth-order valence-electron chi connectivity index (χ4n) is 2.10. The number of amides is 2. The fourth-order valence-corrected chi connectivity index (χ4v) is 2.10. The van der Waals surface area contributed by atoms with Crippen LogP contribution in [0.1, 0.15) is 20.7 Å². The Labute approximate surface area is 144 Å². The van der Waals surface area contributed by atoms with Gasteiger partial charge in [0.05, 0.1) is 11.5 Å². The standard InChI is InChI=1S/C17H17N3O5/c1-25-11-10-18-16(21)12-6-8-13(9-7-12)19-17(22)14-4-2-3-5-15(14)20(23)24/h2-9H,10-11H2,1H3,(H,18,21)(H,19,22). The molecule has 0 atom stereocenters. The number of nitro benzene ring substituents is 1. The topological polar surface area (TPSA) is 111 Å². The molecule has 2 N–H and O–H groups in total. The Bertz CT molecular complexity index is 774. The molecule has 0 heterocycles. The summed E-state index contributed by atoms with van der Waals surface area (Å²) in [6.07, 6.45) is 0. The van der Waals surface area contributed by atoms with E-state index < -0.39 is 10.8 Å². The van der Waals surface area contributed by atoms with Gasteiger partial charge in [0.2, 0.25) is 0 Å². The van der Waals surface area contributed by atoms with Gasteiger partial charge in [-0.05, 0) is 30.3 Å². The Morgan fingerprint density at radius 2 is 1.76 bits per heavy atom. The van der Waals surface area contributed by atoms with E-state index in [0.29, 0.717) is 24.4 Å². The minimum atomic E-state index is -0.609. The van der Waals surface area contributed by atoms with Crippen molar-refractivity contribution in [2.45, 2.75) is 0 Å². The second-order valence-electron chi connectivity index (χ2n) is 5.05. The van der Waals surface area contributed by atoms with Gasteiger partial charge in [-0.15, -0.1) is 0 Å². The van der Waals surface area contributed by atoms with Crippen LogP contribution in [0.25, 0.3) is 0 Å². The van der Waals surface area contributed by atoms with E-state index in [1.807, 2.05) is 0 Å². The number of para-hydroxylation sites is 1. The van der Waals surface area contributed by atoms with Crippen LogP contribution < -0.4 is 10.6 Å². The molecule has 0 spiro atoms. The maximum atomic E-state index is 12.2. The smallest absolute Gasteiger partial charge is 0.282 e. The predicted molar refractivity (Wildman–Crippen MR) is 91.7 cm³/mol. The molecule has 0 aliphatic heterocycles. The van der Waals surface area contributed by atoms with Crippen molar-refractivity contribution in [3.8, 4) is 0 Å². The maximum Gasteiger partial charge on any atom is 0.282 e. The van der Waals surface area contributed by atoms with Gasteiger partial charge in [-0.25, -0.2) is 0 Å². The maximum absolute atomic E-state index is 12.2. The molecule has 8 heteroatoms. The largest absolute Gasteiger partial charge is 0.383 e. The molecule has 2 amide bonds. The van der Waals surface area contributed by atoms with Crippen LogP contribution in [-0.4, -0.2) is 37.0 Å². The lowest BCUT2D eigenvalue weighted by atomic mass is 10.1. The third kappa shape index (κ3) is 4.85. The SMILES string of the molecule is COCCNC(=O)c1ccc(NC(=O)c2ccccc2[N+](=O)[O-])cc1. The predicted octanol–water partition coefficient (Wildman–Crippen LogP) is 2.22.